The second kappa shape index (κ2) is 4.48. The molecule has 1 heterocycles. The van der Waals surface area contributed by atoms with Crippen LogP contribution in [0.5, 0.6) is 0 Å². The molecule has 0 aliphatic rings. The van der Waals surface area contributed by atoms with Gasteiger partial charge in [0.1, 0.15) is 11.8 Å². The van der Waals surface area contributed by atoms with Crippen LogP contribution >= 0.6 is 0 Å². The fraction of sp³-hybridized carbons (Fsp3) is 0.300. The van der Waals surface area contributed by atoms with Crippen molar-refractivity contribution in [1.82, 2.24) is 5.32 Å². The highest BCUT2D eigenvalue weighted by molar-refractivity contribution is 5.18. The van der Waals surface area contributed by atoms with E-state index in [9.17, 15) is 0 Å². The lowest BCUT2D eigenvalue weighted by Crippen LogP contribution is -2.14. The molecule has 13 heavy (non-hydrogen) atoms. The van der Waals surface area contributed by atoms with Gasteiger partial charge in [0.15, 0.2) is 0 Å². The zero-order valence-corrected chi connectivity index (χ0v) is 7.63. The molecule has 1 aromatic heterocycles. The number of nitrogens with zero attached hydrogens (tertiary/aromatic N) is 1. The van der Waals surface area contributed by atoms with E-state index in [4.69, 9.17) is 9.68 Å². The first-order valence-corrected chi connectivity index (χ1v) is 4.06. The van der Waals surface area contributed by atoms with Crippen LogP contribution in [0.2, 0.25) is 0 Å². The van der Waals surface area contributed by atoms with Gasteiger partial charge in [-0.3, -0.25) is 0 Å². The highest BCUT2D eigenvalue weighted by Gasteiger charge is 1.99. The minimum Gasteiger partial charge on any atom is -0.449 e. The fourth-order valence-corrected chi connectivity index (χ4v) is 0.932. The molecule has 1 rings (SSSR count). The number of rotatable bonds is 4. The molecule has 0 atom stereocenters. The van der Waals surface area contributed by atoms with Crippen LogP contribution < -0.4 is 5.32 Å². The van der Waals surface area contributed by atoms with Crippen molar-refractivity contribution in [3.05, 3.63) is 35.8 Å². The van der Waals surface area contributed by atoms with Crippen molar-refractivity contribution in [2.75, 3.05) is 6.54 Å². The zero-order chi connectivity index (χ0) is 9.68. The van der Waals surface area contributed by atoms with Crippen LogP contribution in [-0.4, -0.2) is 6.54 Å². The molecular formula is C10H12N2O. The number of hydrogen-bond donors (Lipinski definition) is 1. The second-order valence-corrected chi connectivity index (χ2v) is 2.94. The maximum atomic E-state index is 8.49. The summed E-state index contributed by atoms with van der Waals surface area (Å²) in [6.45, 7) is 7.12. The van der Waals surface area contributed by atoms with Gasteiger partial charge in [-0.2, -0.15) is 5.26 Å². The molecule has 0 unspecified atom stereocenters. The summed E-state index contributed by atoms with van der Waals surface area (Å²) in [5, 5.41) is 11.6. The van der Waals surface area contributed by atoms with Crippen LogP contribution in [-0.2, 0) is 6.54 Å². The van der Waals surface area contributed by atoms with Gasteiger partial charge < -0.3 is 9.73 Å². The monoisotopic (exact) mass is 176 g/mol. The average molecular weight is 176 g/mol. The van der Waals surface area contributed by atoms with Crippen molar-refractivity contribution >= 4 is 0 Å². The quantitative estimate of drug-likeness (QED) is 0.712. The van der Waals surface area contributed by atoms with Gasteiger partial charge in [-0.05, 0) is 19.1 Å². The molecule has 1 aromatic rings. The van der Waals surface area contributed by atoms with Crippen molar-refractivity contribution in [1.29, 1.82) is 5.26 Å². The van der Waals surface area contributed by atoms with Gasteiger partial charge in [0.05, 0.1) is 6.54 Å². The molecule has 0 aromatic carbocycles. The first kappa shape index (κ1) is 9.56. The Labute approximate surface area is 77.7 Å². The van der Waals surface area contributed by atoms with E-state index >= 15 is 0 Å². The smallest absolute Gasteiger partial charge is 0.203 e. The Morgan fingerprint density at radius 2 is 2.46 bits per heavy atom. The maximum absolute atomic E-state index is 8.49. The first-order valence-electron chi connectivity index (χ1n) is 4.06. The SMILES string of the molecule is C=C(C)CNCc1ccc(C#N)o1. The minimum atomic E-state index is 0.354. The lowest BCUT2D eigenvalue weighted by atomic mass is 10.3. The van der Waals surface area contributed by atoms with Gasteiger partial charge in [0, 0.05) is 6.54 Å². The zero-order valence-electron chi connectivity index (χ0n) is 7.63. The van der Waals surface area contributed by atoms with Gasteiger partial charge >= 0.3 is 0 Å². The summed E-state index contributed by atoms with van der Waals surface area (Å²) in [6, 6.07) is 5.39. The first-order chi connectivity index (χ1) is 6.22. The van der Waals surface area contributed by atoms with Crippen LogP contribution in [0, 0.1) is 11.3 Å². The normalized spacial score (nSPS) is 9.54. The fourth-order valence-electron chi connectivity index (χ4n) is 0.932. The van der Waals surface area contributed by atoms with E-state index in [1.165, 1.54) is 0 Å². The Bertz CT molecular complexity index is 333. The minimum absolute atomic E-state index is 0.354. The number of furan rings is 1. The van der Waals surface area contributed by atoms with Crippen LogP contribution in [0.15, 0.2) is 28.7 Å². The molecular weight excluding hydrogens is 164 g/mol. The Balaban J connectivity index is 2.38. The molecule has 68 valence electrons. The third-order valence-electron chi connectivity index (χ3n) is 1.50. The number of hydrogen-bond acceptors (Lipinski definition) is 3. The summed E-state index contributed by atoms with van der Waals surface area (Å²) >= 11 is 0. The van der Waals surface area contributed by atoms with Gasteiger partial charge in [0.25, 0.3) is 0 Å². The highest BCUT2D eigenvalue weighted by Crippen LogP contribution is 2.05. The Hall–Kier alpha value is -1.53. The van der Waals surface area contributed by atoms with Crippen LogP contribution in [0.1, 0.15) is 18.4 Å². The maximum Gasteiger partial charge on any atom is 0.203 e. The van der Waals surface area contributed by atoms with Gasteiger partial charge in [-0.15, -0.1) is 0 Å². The van der Waals surface area contributed by atoms with Gasteiger partial charge in [-0.1, -0.05) is 12.2 Å². The van der Waals surface area contributed by atoms with E-state index in [0.29, 0.717) is 12.3 Å². The summed E-state index contributed by atoms with van der Waals surface area (Å²) in [5.74, 6) is 1.13. The summed E-state index contributed by atoms with van der Waals surface area (Å²) in [4.78, 5) is 0. The predicted molar refractivity (Wildman–Crippen MR) is 49.9 cm³/mol. The van der Waals surface area contributed by atoms with Gasteiger partial charge in [-0.25, -0.2) is 0 Å². The van der Waals surface area contributed by atoms with E-state index in [2.05, 4.69) is 11.9 Å². The van der Waals surface area contributed by atoms with E-state index in [1.54, 1.807) is 12.1 Å². The highest BCUT2D eigenvalue weighted by atomic mass is 16.3. The van der Waals surface area contributed by atoms with E-state index in [-0.39, 0.29) is 0 Å². The average Bonchev–Trinajstić information content (AvgIpc) is 2.52. The summed E-state index contributed by atoms with van der Waals surface area (Å²) in [7, 11) is 0. The third kappa shape index (κ3) is 3.14. The largest absolute Gasteiger partial charge is 0.449 e. The summed E-state index contributed by atoms with van der Waals surface area (Å²) in [6.07, 6.45) is 0. The Morgan fingerprint density at radius 1 is 1.69 bits per heavy atom. The number of nitriles is 1. The van der Waals surface area contributed by atoms with Crippen molar-refractivity contribution in [3.63, 3.8) is 0 Å². The topological polar surface area (TPSA) is 49.0 Å². The summed E-state index contributed by atoms with van der Waals surface area (Å²) in [5.41, 5.74) is 1.08. The Morgan fingerprint density at radius 3 is 3.00 bits per heavy atom. The van der Waals surface area contributed by atoms with Crippen LogP contribution in [0.4, 0.5) is 0 Å². The molecule has 0 aliphatic carbocycles. The molecule has 1 N–H and O–H groups in total. The molecule has 0 spiro atoms. The van der Waals surface area contributed by atoms with Crippen LogP contribution in [0.3, 0.4) is 0 Å². The molecule has 3 nitrogen and oxygen atoms in total. The predicted octanol–water partition coefficient (Wildman–Crippen LogP) is 1.82. The van der Waals surface area contributed by atoms with Crippen molar-refractivity contribution < 1.29 is 4.42 Å². The van der Waals surface area contributed by atoms with Crippen molar-refractivity contribution in [3.8, 4) is 6.07 Å². The standard InChI is InChI=1S/C10H12N2O/c1-8(2)6-12-7-10-4-3-9(5-11)13-10/h3-4,12H,1,6-7H2,2H3. The van der Waals surface area contributed by atoms with E-state index in [1.807, 2.05) is 13.0 Å². The van der Waals surface area contributed by atoms with Crippen molar-refractivity contribution in [2.45, 2.75) is 13.5 Å². The van der Waals surface area contributed by atoms with E-state index in [0.717, 1.165) is 17.9 Å². The molecule has 0 saturated carbocycles. The van der Waals surface area contributed by atoms with Crippen LogP contribution in [0.25, 0.3) is 0 Å². The molecule has 0 bridgehead atoms. The molecule has 0 saturated heterocycles. The van der Waals surface area contributed by atoms with Gasteiger partial charge in [0.2, 0.25) is 5.76 Å². The molecule has 0 fully saturated rings. The summed E-state index contributed by atoms with van der Waals surface area (Å²) < 4.78 is 5.16. The molecule has 0 radical (unpaired) electrons. The lowest BCUT2D eigenvalue weighted by molar-refractivity contribution is 0.479. The lowest BCUT2D eigenvalue weighted by Gasteiger charge is -2.00. The molecule has 0 aliphatic heterocycles. The third-order valence-corrected chi connectivity index (χ3v) is 1.50. The second-order valence-electron chi connectivity index (χ2n) is 2.94. The molecule has 3 heteroatoms. The van der Waals surface area contributed by atoms with E-state index < -0.39 is 0 Å². The Kier molecular flexibility index (Phi) is 3.30. The molecule has 0 amide bonds. The van der Waals surface area contributed by atoms with Crippen molar-refractivity contribution in [2.24, 2.45) is 0 Å². The number of nitrogens with one attached hydrogen (secondary N) is 1.